The zero-order valence-corrected chi connectivity index (χ0v) is 12.9. The number of amides is 1. The normalized spacial score (nSPS) is 36.5. The molecule has 1 saturated carbocycles. The van der Waals surface area contributed by atoms with Gasteiger partial charge in [0.15, 0.2) is 0 Å². The van der Waals surface area contributed by atoms with Gasteiger partial charge >= 0.3 is 5.97 Å². The Morgan fingerprint density at radius 3 is 2.38 bits per heavy atom. The van der Waals surface area contributed by atoms with Gasteiger partial charge in [0.05, 0.1) is 18.8 Å². The third-order valence-corrected chi connectivity index (χ3v) is 4.62. The molecule has 0 aromatic carbocycles. The molecule has 1 unspecified atom stereocenters. The lowest BCUT2D eigenvalue weighted by Crippen LogP contribution is -2.67. The van der Waals surface area contributed by atoms with Crippen molar-refractivity contribution in [1.82, 2.24) is 5.32 Å². The molecule has 1 amide bonds. The van der Waals surface area contributed by atoms with E-state index >= 15 is 0 Å². The van der Waals surface area contributed by atoms with Crippen LogP contribution in [0.15, 0.2) is 0 Å². The molecule has 2 aliphatic rings. The Balaban J connectivity index is 2.20. The van der Waals surface area contributed by atoms with E-state index in [4.69, 9.17) is 14.9 Å². The molecule has 7 N–H and O–H groups in total. The molecule has 10 heteroatoms. The molecule has 0 aromatic heterocycles. The van der Waals surface area contributed by atoms with Gasteiger partial charge in [-0.05, 0) is 12.8 Å². The Kier molecular flexibility index (Phi) is 5.78. The molecule has 1 aliphatic carbocycles. The number of rotatable bonds is 6. The molecule has 138 valence electrons. The molecule has 0 radical (unpaired) electrons. The summed E-state index contributed by atoms with van der Waals surface area (Å²) >= 11 is 0. The fourth-order valence-corrected chi connectivity index (χ4v) is 2.85. The Morgan fingerprint density at radius 2 is 1.92 bits per heavy atom. The molecule has 2 fully saturated rings. The summed E-state index contributed by atoms with van der Waals surface area (Å²) < 4.78 is 5.00. The minimum atomic E-state index is -2.78. The summed E-state index contributed by atoms with van der Waals surface area (Å²) in [6, 6.07) is -1.24. The van der Waals surface area contributed by atoms with E-state index < -0.39 is 55.2 Å². The Morgan fingerprint density at radius 1 is 1.29 bits per heavy atom. The number of carbonyl (C=O) groups excluding carboxylic acids is 1. The lowest BCUT2D eigenvalue weighted by molar-refractivity contribution is -0.295. The second-order valence-electron chi connectivity index (χ2n) is 6.35. The van der Waals surface area contributed by atoms with Gasteiger partial charge in [0.1, 0.15) is 18.3 Å². The summed E-state index contributed by atoms with van der Waals surface area (Å²) in [4.78, 5) is 23.2. The average molecular weight is 349 g/mol. The largest absolute Gasteiger partial charge is 0.477 e. The maximum absolute atomic E-state index is 12.1. The molecule has 6 atom stereocenters. The smallest absolute Gasteiger partial charge is 0.364 e. The van der Waals surface area contributed by atoms with Gasteiger partial charge < -0.3 is 40.7 Å². The van der Waals surface area contributed by atoms with Crippen molar-refractivity contribution in [3.63, 3.8) is 0 Å². The van der Waals surface area contributed by atoms with Crippen molar-refractivity contribution < 1.29 is 45.0 Å². The van der Waals surface area contributed by atoms with Gasteiger partial charge in [-0.25, -0.2) is 4.79 Å². The summed E-state index contributed by atoms with van der Waals surface area (Å²) in [6.07, 6.45) is -5.16. The molecular weight excluding hydrogens is 326 g/mol. The summed E-state index contributed by atoms with van der Waals surface area (Å²) in [5, 5.41) is 60.3. The number of hydrogen-bond donors (Lipinski definition) is 7. The zero-order valence-electron chi connectivity index (χ0n) is 12.9. The number of aliphatic hydroxyl groups is 5. The van der Waals surface area contributed by atoms with E-state index in [-0.39, 0.29) is 11.8 Å². The van der Waals surface area contributed by atoms with Crippen LogP contribution < -0.4 is 5.32 Å². The summed E-state index contributed by atoms with van der Waals surface area (Å²) in [5.74, 6) is -5.18. The fraction of sp³-hybridized carbons (Fsp3) is 0.857. The highest BCUT2D eigenvalue weighted by atomic mass is 16.7. The highest BCUT2D eigenvalue weighted by Gasteiger charge is 2.54. The van der Waals surface area contributed by atoms with Crippen molar-refractivity contribution in [2.75, 3.05) is 6.61 Å². The van der Waals surface area contributed by atoms with Crippen molar-refractivity contribution >= 4 is 11.9 Å². The van der Waals surface area contributed by atoms with Crippen LogP contribution in [0.25, 0.3) is 0 Å². The summed E-state index contributed by atoms with van der Waals surface area (Å²) in [7, 11) is 0. The van der Waals surface area contributed by atoms with E-state index in [0.29, 0.717) is 12.8 Å². The molecular formula is C14H23NO9. The topological polar surface area (TPSA) is 177 Å². The van der Waals surface area contributed by atoms with E-state index in [0.717, 1.165) is 6.42 Å². The van der Waals surface area contributed by atoms with Gasteiger partial charge in [-0.2, -0.15) is 0 Å². The maximum atomic E-state index is 12.1. The Bertz CT molecular complexity index is 483. The van der Waals surface area contributed by atoms with Crippen molar-refractivity contribution in [3.8, 4) is 0 Å². The molecule has 1 saturated heterocycles. The quantitative estimate of drug-likeness (QED) is 0.262. The van der Waals surface area contributed by atoms with E-state index in [1.807, 2.05) is 0 Å². The van der Waals surface area contributed by atoms with Crippen LogP contribution in [-0.2, 0) is 14.3 Å². The van der Waals surface area contributed by atoms with Crippen LogP contribution in [0.2, 0.25) is 0 Å². The van der Waals surface area contributed by atoms with Crippen molar-refractivity contribution in [3.05, 3.63) is 0 Å². The van der Waals surface area contributed by atoms with Crippen LogP contribution in [0.3, 0.4) is 0 Å². The predicted molar refractivity (Wildman–Crippen MR) is 76.5 cm³/mol. The van der Waals surface area contributed by atoms with Gasteiger partial charge in [-0.15, -0.1) is 0 Å². The third kappa shape index (κ3) is 3.68. The van der Waals surface area contributed by atoms with E-state index in [2.05, 4.69) is 5.32 Å². The minimum absolute atomic E-state index is 0.238. The average Bonchev–Trinajstić information content (AvgIpc) is 2.46. The van der Waals surface area contributed by atoms with Crippen molar-refractivity contribution in [2.45, 2.75) is 61.9 Å². The molecule has 0 bridgehead atoms. The third-order valence-electron chi connectivity index (χ3n) is 4.62. The van der Waals surface area contributed by atoms with Gasteiger partial charge in [0.25, 0.3) is 5.79 Å². The molecule has 24 heavy (non-hydrogen) atoms. The lowest BCUT2D eigenvalue weighted by atomic mass is 9.83. The number of ether oxygens (including phenoxy) is 1. The van der Waals surface area contributed by atoms with Crippen molar-refractivity contribution in [1.29, 1.82) is 0 Å². The predicted octanol–water partition coefficient (Wildman–Crippen LogP) is -3.09. The highest BCUT2D eigenvalue weighted by Crippen LogP contribution is 2.32. The fourth-order valence-electron chi connectivity index (χ4n) is 2.85. The second-order valence-corrected chi connectivity index (χ2v) is 6.35. The van der Waals surface area contributed by atoms with Gasteiger partial charge in [-0.1, -0.05) is 6.42 Å². The molecule has 2 rings (SSSR count). The van der Waals surface area contributed by atoms with E-state index in [1.165, 1.54) is 0 Å². The van der Waals surface area contributed by atoms with Crippen molar-refractivity contribution in [2.24, 2.45) is 5.92 Å². The maximum Gasteiger partial charge on any atom is 0.364 e. The Hall–Kier alpha value is -1.30. The van der Waals surface area contributed by atoms with Gasteiger partial charge in [-0.3, -0.25) is 4.79 Å². The van der Waals surface area contributed by atoms with Crippen LogP contribution in [0, 0.1) is 5.92 Å². The summed E-state index contributed by atoms with van der Waals surface area (Å²) in [6.45, 7) is -0.855. The standard InChI is InChI=1S/C14H23NO9/c16-5-8(18)10(19)11-9(15-12(20)6-2-1-3-6)7(17)4-14(23,24-11)13(21)22/h6-11,16-19,23H,1-5H2,(H,15,20)(H,21,22)/t7-,8+,9+,10+,11+,14?/m0/s1. The first-order chi connectivity index (χ1) is 11.2. The van der Waals surface area contributed by atoms with Crippen LogP contribution in [-0.4, -0.2) is 85.4 Å². The first kappa shape index (κ1) is 19.0. The van der Waals surface area contributed by atoms with Crippen LogP contribution in [0.1, 0.15) is 25.7 Å². The number of aliphatic carboxylic acids is 1. The minimum Gasteiger partial charge on any atom is -0.477 e. The zero-order chi connectivity index (χ0) is 18.1. The number of aliphatic hydroxyl groups excluding tert-OH is 4. The first-order valence-corrected chi connectivity index (χ1v) is 7.78. The molecule has 10 nitrogen and oxygen atoms in total. The molecule has 0 spiro atoms. The van der Waals surface area contributed by atoms with Crippen LogP contribution in [0.5, 0.6) is 0 Å². The SMILES string of the molecule is O=C(N[C@H]1[C@H]([C@H](O)[C@H](O)CO)OC(O)(C(=O)O)C[C@@H]1O)C1CCC1. The summed E-state index contributed by atoms with van der Waals surface area (Å²) in [5.41, 5.74) is 0. The number of carboxylic acid groups (broad SMARTS) is 1. The molecule has 1 heterocycles. The van der Waals surface area contributed by atoms with Crippen LogP contribution in [0.4, 0.5) is 0 Å². The number of nitrogens with one attached hydrogen (secondary N) is 1. The second kappa shape index (κ2) is 7.30. The number of carboxylic acids is 1. The monoisotopic (exact) mass is 349 g/mol. The lowest BCUT2D eigenvalue weighted by Gasteiger charge is -2.45. The first-order valence-electron chi connectivity index (χ1n) is 7.78. The number of hydrogen-bond acceptors (Lipinski definition) is 8. The van der Waals surface area contributed by atoms with Gasteiger partial charge in [0, 0.05) is 12.3 Å². The molecule has 0 aromatic rings. The van der Waals surface area contributed by atoms with E-state index in [1.54, 1.807) is 0 Å². The van der Waals surface area contributed by atoms with Crippen LogP contribution >= 0.6 is 0 Å². The highest BCUT2D eigenvalue weighted by molar-refractivity contribution is 5.80. The number of carbonyl (C=O) groups is 2. The van der Waals surface area contributed by atoms with E-state index in [9.17, 15) is 30.0 Å². The molecule has 1 aliphatic heterocycles. The Labute approximate surface area is 137 Å². The van der Waals surface area contributed by atoms with Gasteiger partial charge in [0.2, 0.25) is 5.91 Å².